The Morgan fingerprint density at radius 1 is 1.12 bits per heavy atom. The zero-order valence-electron chi connectivity index (χ0n) is 14.5. The summed E-state index contributed by atoms with van der Waals surface area (Å²) in [5.41, 5.74) is 1.41. The molecule has 2 aromatic rings. The van der Waals surface area contributed by atoms with Gasteiger partial charge in [0, 0.05) is 30.4 Å². The fourth-order valence-electron chi connectivity index (χ4n) is 3.06. The second-order valence-corrected chi connectivity index (χ2v) is 5.96. The molecule has 3 rings (SSSR count). The summed E-state index contributed by atoms with van der Waals surface area (Å²) in [5, 5.41) is 0. The number of hydrogen-bond acceptors (Lipinski definition) is 3. The maximum absolute atomic E-state index is 12.8. The molecule has 1 fully saturated rings. The topological polar surface area (TPSA) is 49.9 Å². The average molecular weight is 338 g/mol. The number of benzene rings is 2. The summed E-state index contributed by atoms with van der Waals surface area (Å²) >= 11 is 0. The number of piperazine rings is 1. The molecular weight excluding hydrogens is 316 g/mol. The van der Waals surface area contributed by atoms with Crippen molar-refractivity contribution in [2.24, 2.45) is 0 Å². The molecule has 130 valence electrons. The minimum atomic E-state index is -0.503. The molecule has 0 bridgehead atoms. The minimum Gasteiger partial charge on any atom is -0.494 e. The number of ether oxygens (including phenoxy) is 1. The predicted octanol–water partition coefficient (Wildman–Crippen LogP) is 2.96. The van der Waals surface area contributed by atoms with Crippen LogP contribution in [0.4, 0.5) is 5.69 Å². The number of anilines is 1. The molecule has 25 heavy (non-hydrogen) atoms. The van der Waals surface area contributed by atoms with Crippen LogP contribution in [0.25, 0.3) is 0 Å². The van der Waals surface area contributed by atoms with Crippen molar-refractivity contribution >= 4 is 17.5 Å². The van der Waals surface area contributed by atoms with Crippen LogP contribution in [0, 0.1) is 0 Å². The normalized spacial score (nSPS) is 17.5. The SMILES string of the molecule is CCOc1cccc(N2CCN(C(=O)c3ccccc3)C(C)C2=O)c1. The van der Waals surface area contributed by atoms with E-state index in [4.69, 9.17) is 4.74 Å². The van der Waals surface area contributed by atoms with E-state index < -0.39 is 6.04 Å². The zero-order valence-corrected chi connectivity index (χ0v) is 14.5. The maximum atomic E-state index is 12.8. The molecule has 2 amide bonds. The Hall–Kier alpha value is -2.82. The molecule has 1 aliphatic rings. The van der Waals surface area contributed by atoms with E-state index in [0.29, 0.717) is 25.3 Å². The minimum absolute atomic E-state index is 0.0795. The predicted molar refractivity (Wildman–Crippen MR) is 96.9 cm³/mol. The van der Waals surface area contributed by atoms with Crippen molar-refractivity contribution in [2.75, 3.05) is 24.6 Å². The first-order valence-corrected chi connectivity index (χ1v) is 8.52. The lowest BCUT2D eigenvalue weighted by atomic mass is 10.1. The van der Waals surface area contributed by atoms with E-state index in [1.54, 1.807) is 28.9 Å². The lowest BCUT2D eigenvalue weighted by Gasteiger charge is -2.39. The van der Waals surface area contributed by atoms with Crippen molar-refractivity contribution in [2.45, 2.75) is 19.9 Å². The first-order valence-electron chi connectivity index (χ1n) is 8.52. The number of amides is 2. The average Bonchev–Trinajstić information content (AvgIpc) is 2.64. The lowest BCUT2D eigenvalue weighted by molar-refractivity contribution is -0.124. The Kier molecular flexibility index (Phi) is 5.03. The van der Waals surface area contributed by atoms with Crippen molar-refractivity contribution in [3.63, 3.8) is 0 Å². The zero-order chi connectivity index (χ0) is 17.8. The Morgan fingerprint density at radius 3 is 2.60 bits per heavy atom. The fourth-order valence-corrected chi connectivity index (χ4v) is 3.06. The van der Waals surface area contributed by atoms with Gasteiger partial charge in [-0.1, -0.05) is 24.3 Å². The van der Waals surface area contributed by atoms with Gasteiger partial charge in [0.25, 0.3) is 5.91 Å². The van der Waals surface area contributed by atoms with Gasteiger partial charge in [0.15, 0.2) is 0 Å². The summed E-state index contributed by atoms with van der Waals surface area (Å²) in [7, 11) is 0. The quantitative estimate of drug-likeness (QED) is 0.861. The number of hydrogen-bond donors (Lipinski definition) is 0. The summed E-state index contributed by atoms with van der Waals surface area (Å²) in [6.45, 7) is 5.25. The Morgan fingerprint density at radius 2 is 1.88 bits per heavy atom. The van der Waals surface area contributed by atoms with Crippen LogP contribution in [0.15, 0.2) is 54.6 Å². The first kappa shape index (κ1) is 17.0. The van der Waals surface area contributed by atoms with Crippen LogP contribution < -0.4 is 9.64 Å². The molecular formula is C20H22N2O3. The molecule has 0 aromatic heterocycles. The molecule has 1 heterocycles. The standard InChI is InChI=1S/C20H22N2O3/c1-3-25-18-11-7-10-17(14-18)22-13-12-21(15(2)19(22)23)20(24)16-8-5-4-6-9-16/h4-11,14-15H,3,12-13H2,1-2H3. The van der Waals surface area contributed by atoms with Gasteiger partial charge in [-0.3, -0.25) is 9.59 Å². The van der Waals surface area contributed by atoms with E-state index >= 15 is 0 Å². The molecule has 2 aromatic carbocycles. The lowest BCUT2D eigenvalue weighted by Crippen LogP contribution is -2.57. The van der Waals surface area contributed by atoms with Crippen LogP contribution in [0.5, 0.6) is 5.75 Å². The van der Waals surface area contributed by atoms with Crippen molar-refractivity contribution in [3.05, 3.63) is 60.2 Å². The molecule has 0 N–H and O–H groups in total. The summed E-state index contributed by atoms with van der Waals surface area (Å²) < 4.78 is 5.51. The van der Waals surface area contributed by atoms with Crippen LogP contribution in [-0.2, 0) is 4.79 Å². The summed E-state index contributed by atoms with van der Waals surface area (Å²) in [6.07, 6.45) is 0. The summed E-state index contributed by atoms with van der Waals surface area (Å²) in [5.74, 6) is 0.552. The Bertz CT molecular complexity index is 761. The van der Waals surface area contributed by atoms with Crippen molar-refractivity contribution < 1.29 is 14.3 Å². The highest BCUT2D eigenvalue weighted by Crippen LogP contribution is 2.25. The van der Waals surface area contributed by atoms with E-state index in [1.165, 1.54) is 0 Å². The molecule has 0 saturated carbocycles. The second kappa shape index (κ2) is 7.38. The van der Waals surface area contributed by atoms with Gasteiger partial charge < -0.3 is 14.5 Å². The third-order valence-corrected chi connectivity index (χ3v) is 4.38. The van der Waals surface area contributed by atoms with Gasteiger partial charge in [-0.05, 0) is 38.1 Å². The molecule has 1 unspecified atom stereocenters. The summed E-state index contributed by atoms with van der Waals surface area (Å²) in [6, 6.07) is 16.1. The van der Waals surface area contributed by atoms with E-state index in [-0.39, 0.29) is 11.8 Å². The van der Waals surface area contributed by atoms with Crippen molar-refractivity contribution in [3.8, 4) is 5.75 Å². The number of nitrogens with zero attached hydrogens (tertiary/aromatic N) is 2. The van der Waals surface area contributed by atoms with Crippen molar-refractivity contribution in [1.29, 1.82) is 0 Å². The van der Waals surface area contributed by atoms with E-state index in [9.17, 15) is 9.59 Å². The van der Waals surface area contributed by atoms with Crippen LogP contribution >= 0.6 is 0 Å². The Labute approximate surface area is 147 Å². The van der Waals surface area contributed by atoms with E-state index in [1.807, 2.05) is 49.4 Å². The van der Waals surface area contributed by atoms with Crippen LogP contribution in [-0.4, -0.2) is 42.5 Å². The first-order chi connectivity index (χ1) is 12.1. The van der Waals surface area contributed by atoms with E-state index in [0.717, 1.165) is 11.4 Å². The highest BCUT2D eigenvalue weighted by atomic mass is 16.5. The van der Waals surface area contributed by atoms with Crippen LogP contribution in [0.2, 0.25) is 0 Å². The molecule has 5 heteroatoms. The molecule has 5 nitrogen and oxygen atoms in total. The molecule has 1 atom stereocenters. The van der Waals surface area contributed by atoms with Crippen molar-refractivity contribution in [1.82, 2.24) is 4.90 Å². The third-order valence-electron chi connectivity index (χ3n) is 4.38. The maximum Gasteiger partial charge on any atom is 0.254 e. The highest BCUT2D eigenvalue weighted by molar-refractivity contribution is 6.03. The van der Waals surface area contributed by atoms with Crippen LogP contribution in [0.3, 0.4) is 0 Å². The number of carbonyl (C=O) groups excluding carboxylic acids is 2. The monoisotopic (exact) mass is 338 g/mol. The smallest absolute Gasteiger partial charge is 0.254 e. The molecule has 0 radical (unpaired) electrons. The second-order valence-electron chi connectivity index (χ2n) is 5.96. The summed E-state index contributed by atoms with van der Waals surface area (Å²) in [4.78, 5) is 28.9. The molecule has 1 aliphatic heterocycles. The van der Waals surface area contributed by atoms with Crippen LogP contribution in [0.1, 0.15) is 24.2 Å². The van der Waals surface area contributed by atoms with Gasteiger partial charge in [-0.2, -0.15) is 0 Å². The highest BCUT2D eigenvalue weighted by Gasteiger charge is 2.35. The Balaban J connectivity index is 1.78. The van der Waals surface area contributed by atoms with Gasteiger partial charge in [0.05, 0.1) is 6.61 Å². The van der Waals surface area contributed by atoms with Gasteiger partial charge in [-0.15, -0.1) is 0 Å². The molecule has 0 aliphatic carbocycles. The largest absolute Gasteiger partial charge is 0.494 e. The fraction of sp³-hybridized carbons (Fsp3) is 0.300. The van der Waals surface area contributed by atoms with Gasteiger partial charge in [0.1, 0.15) is 11.8 Å². The third kappa shape index (κ3) is 3.50. The number of rotatable bonds is 4. The molecule has 0 spiro atoms. The van der Waals surface area contributed by atoms with Gasteiger partial charge >= 0.3 is 0 Å². The molecule has 1 saturated heterocycles. The number of carbonyl (C=O) groups is 2. The van der Waals surface area contributed by atoms with Gasteiger partial charge in [-0.25, -0.2) is 0 Å². The van der Waals surface area contributed by atoms with Gasteiger partial charge in [0.2, 0.25) is 5.91 Å². The van der Waals surface area contributed by atoms with E-state index in [2.05, 4.69) is 0 Å².